The fourth-order valence-electron chi connectivity index (χ4n) is 0. The van der Waals surface area contributed by atoms with Crippen LogP contribution in [0.4, 0.5) is 0 Å². The molecule has 57 valence electrons. The Morgan fingerprint density at radius 1 is 1.10 bits per heavy atom. The van der Waals surface area contributed by atoms with E-state index >= 15 is 0 Å². The third-order valence-electron chi connectivity index (χ3n) is 0.500. The molecule has 0 aromatic rings. The van der Waals surface area contributed by atoms with Crippen LogP contribution in [-0.2, 0) is 98.1 Å². The average Bonchev–Trinajstić information content (AvgIpc) is 1.38. The van der Waals surface area contributed by atoms with E-state index in [1.807, 2.05) is 20.3 Å². The van der Waals surface area contributed by atoms with Crippen molar-refractivity contribution < 1.29 is 98.1 Å². The predicted molar refractivity (Wildman–Crippen MR) is 36.6 cm³/mol. The third-order valence-corrected chi connectivity index (χ3v) is 0.500. The fraction of sp³-hybridized carbons (Fsp3) is 0.500. The number of hydrogen-bond acceptors (Lipinski definition) is 0. The average molecular weight is 368 g/mol. The van der Waals surface area contributed by atoms with Crippen LogP contribution < -0.4 is 0 Å². The van der Waals surface area contributed by atoms with Gasteiger partial charge in [-0.25, -0.2) is 0 Å². The topological polar surface area (TPSA) is 23.8 Å². The number of nitrogens with one attached hydrogen (secondary N) is 1. The van der Waals surface area contributed by atoms with Crippen LogP contribution in [-0.4, -0.2) is 6.04 Å². The minimum atomic E-state index is 0. The summed E-state index contributed by atoms with van der Waals surface area (Å²) >= 11 is 0. The van der Waals surface area contributed by atoms with Crippen molar-refractivity contribution in [3.63, 3.8) is 0 Å². The van der Waals surface area contributed by atoms with Crippen LogP contribution in [0.25, 0.3) is 5.73 Å². The maximum atomic E-state index is 6.77. The van der Waals surface area contributed by atoms with E-state index in [4.69, 9.17) is 5.73 Å². The van der Waals surface area contributed by atoms with E-state index < -0.39 is 0 Å². The molecule has 0 saturated carbocycles. The van der Waals surface area contributed by atoms with Gasteiger partial charge in [0.1, 0.15) is 0 Å². The molecule has 0 aliphatic rings. The van der Waals surface area contributed by atoms with Crippen molar-refractivity contribution in [3.8, 4) is 0 Å². The first-order valence-corrected chi connectivity index (χ1v) is 1.78. The van der Waals surface area contributed by atoms with Crippen LogP contribution in [0.3, 0.4) is 0 Å². The van der Waals surface area contributed by atoms with Crippen LogP contribution in [0, 0.1) is 21.3 Å². The van der Waals surface area contributed by atoms with Crippen molar-refractivity contribution in [3.05, 3.63) is 27.0 Å². The smallest absolute Gasteiger partial charge is 0 e. The summed E-state index contributed by atoms with van der Waals surface area (Å²) in [6, 6.07) is 0.00926. The Morgan fingerprint density at radius 2 is 1.20 bits per heavy atom. The molecule has 0 aromatic carbocycles. The summed E-state index contributed by atoms with van der Waals surface area (Å²) < 4.78 is 0. The Labute approximate surface area is 142 Å². The molecule has 1 nitrogen and oxygen atoms in total. The maximum Gasteiger partial charge on any atom is 0 e. The Morgan fingerprint density at radius 3 is 1.20 bits per heavy atom. The summed E-state index contributed by atoms with van der Waals surface area (Å²) in [5.41, 5.74) is 6.77. The molecule has 0 saturated heterocycles. The standard InChI is InChI=1S/C4H9N.2CH3.3Y/c1-3-4(2)5;;;;;/h3-5H,1-2H3;2*1H3;;;/q-2;2*-1;;;. The molecule has 3 radical (unpaired) electrons. The van der Waals surface area contributed by atoms with Gasteiger partial charge in [-0.3, -0.25) is 6.04 Å². The second-order valence-electron chi connectivity index (χ2n) is 1.12. The first-order valence-electron chi connectivity index (χ1n) is 1.78. The maximum absolute atomic E-state index is 6.77. The largest absolute Gasteiger partial charge is 0.701 e. The zero-order chi connectivity index (χ0) is 4.28. The molecule has 0 aliphatic carbocycles. The third kappa shape index (κ3) is 42.8. The monoisotopic (exact) mass is 368 g/mol. The van der Waals surface area contributed by atoms with Gasteiger partial charge in [-0.15, -0.1) is 6.92 Å². The van der Waals surface area contributed by atoms with Gasteiger partial charge in [0, 0.05) is 98.1 Å². The molecule has 0 aromatic heterocycles. The molecule has 0 fully saturated rings. The Hall–Kier alpha value is 3.27. The van der Waals surface area contributed by atoms with Crippen molar-refractivity contribution in [1.29, 1.82) is 0 Å². The predicted octanol–water partition coefficient (Wildman–Crippen LogP) is 2.54. The molecule has 4 heteroatoms. The summed E-state index contributed by atoms with van der Waals surface area (Å²) in [5.74, 6) is 0. The summed E-state index contributed by atoms with van der Waals surface area (Å²) in [5, 5.41) is 0. The zero-order valence-corrected chi connectivity index (χ0v) is 15.9. The van der Waals surface area contributed by atoms with Crippen LogP contribution in [0.15, 0.2) is 0 Å². The van der Waals surface area contributed by atoms with Gasteiger partial charge in [0.15, 0.2) is 0 Å². The number of hydrogen-bond donors (Lipinski definition) is 0. The molecule has 0 bridgehead atoms. The van der Waals surface area contributed by atoms with E-state index in [0.717, 1.165) is 0 Å². The molecular formula is C6H15NY3-4. The molecule has 1 N–H and O–H groups in total. The molecule has 1 atom stereocenters. The molecule has 1 unspecified atom stereocenters. The summed E-state index contributed by atoms with van der Waals surface area (Å²) in [4.78, 5) is 0. The normalized spacial score (nSPS) is 7.50. The first kappa shape index (κ1) is 37.8. The van der Waals surface area contributed by atoms with Gasteiger partial charge < -0.3 is 27.0 Å². The molecule has 10 heavy (non-hydrogen) atoms. The fourth-order valence-corrected chi connectivity index (χ4v) is 0. The molecule has 0 heterocycles. The van der Waals surface area contributed by atoms with E-state index in [0.29, 0.717) is 0 Å². The molecule has 0 spiro atoms. The van der Waals surface area contributed by atoms with Crippen molar-refractivity contribution in [2.75, 3.05) is 0 Å². The van der Waals surface area contributed by atoms with E-state index in [9.17, 15) is 0 Å². The van der Waals surface area contributed by atoms with Gasteiger partial charge in [-0.05, 0) is 0 Å². The van der Waals surface area contributed by atoms with Crippen LogP contribution in [0.2, 0.25) is 0 Å². The van der Waals surface area contributed by atoms with Crippen molar-refractivity contribution in [1.82, 2.24) is 0 Å². The quantitative estimate of drug-likeness (QED) is 0.636. The van der Waals surface area contributed by atoms with E-state index in [1.54, 1.807) is 0 Å². The minimum Gasteiger partial charge on any atom is -0.701 e. The van der Waals surface area contributed by atoms with Gasteiger partial charge in [0.2, 0.25) is 0 Å². The van der Waals surface area contributed by atoms with Crippen molar-refractivity contribution in [2.24, 2.45) is 0 Å². The minimum absolute atomic E-state index is 0. The molecule has 0 rings (SSSR count). The van der Waals surface area contributed by atoms with Gasteiger partial charge in [-0.2, -0.15) is 6.92 Å². The summed E-state index contributed by atoms with van der Waals surface area (Å²) in [6.45, 7) is 3.72. The van der Waals surface area contributed by atoms with E-state index in [2.05, 4.69) is 0 Å². The molecular weight excluding hydrogens is 353 g/mol. The first-order chi connectivity index (χ1) is 2.27. The van der Waals surface area contributed by atoms with Gasteiger partial charge in [-0.1, -0.05) is 0 Å². The Kier molecular flexibility index (Phi) is 111. The summed E-state index contributed by atoms with van der Waals surface area (Å²) in [7, 11) is 0. The number of rotatable bonds is 1. The van der Waals surface area contributed by atoms with E-state index in [-0.39, 0.29) is 119 Å². The van der Waals surface area contributed by atoms with Crippen molar-refractivity contribution in [2.45, 2.75) is 19.9 Å². The van der Waals surface area contributed by atoms with E-state index in [1.165, 1.54) is 0 Å². The second kappa shape index (κ2) is 29.5. The Bertz CT molecular complexity index is 27.0. The zero-order valence-electron chi connectivity index (χ0n) is 7.39. The van der Waals surface area contributed by atoms with Crippen LogP contribution in [0.5, 0.6) is 0 Å². The van der Waals surface area contributed by atoms with Crippen molar-refractivity contribution >= 4 is 0 Å². The SMILES string of the molecule is C[CH-]C(C)[NH-].[CH3-].[CH3-].[Y].[Y].[Y]. The summed E-state index contributed by atoms with van der Waals surface area (Å²) in [6.07, 6.45) is 1.83. The second-order valence-corrected chi connectivity index (χ2v) is 1.12. The molecule has 0 amide bonds. The Balaban J connectivity index is -0.00000000800. The van der Waals surface area contributed by atoms with Crippen LogP contribution in [0.1, 0.15) is 13.8 Å². The van der Waals surface area contributed by atoms with Gasteiger partial charge >= 0.3 is 0 Å². The van der Waals surface area contributed by atoms with Gasteiger partial charge in [0.25, 0.3) is 0 Å². The molecule has 0 aliphatic heterocycles. The van der Waals surface area contributed by atoms with Crippen LogP contribution >= 0.6 is 0 Å². The van der Waals surface area contributed by atoms with Gasteiger partial charge in [0.05, 0.1) is 0 Å².